The summed E-state index contributed by atoms with van der Waals surface area (Å²) in [4.78, 5) is 4.21. The Morgan fingerprint density at radius 3 is 2.93 bits per heavy atom. The molecule has 0 aliphatic heterocycles. The van der Waals surface area contributed by atoms with Gasteiger partial charge in [-0.3, -0.25) is 4.98 Å². The van der Waals surface area contributed by atoms with E-state index in [2.05, 4.69) is 4.98 Å². The first-order valence-electron chi connectivity index (χ1n) is 4.46. The minimum absolute atomic E-state index is 0.239. The summed E-state index contributed by atoms with van der Waals surface area (Å²) in [6.07, 6.45) is 1.75. The summed E-state index contributed by atoms with van der Waals surface area (Å²) in [5, 5.41) is 0.841. The Bertz CT molecular complexity index is 480. The summed E-state index contributed by atoms with van der Waals surface area (Å²) in [7, 11) is 0. The number of nitrogens with two attached hydrogens (primary N) is 1. The van der Waals surface area contributed by atoms with Crippen molar-refractivity contribution >= 4 is 10.9 Å². The number of halogens is 1. The van der Waals surface area contributed by atoms with E-state index < -0.39 is 0 Å². The summed E-state index contributed by atoms with van der Waals surface area (Å²) >= 11 is 0. The molecule has 0 spiro atoms. The summed E-state index contributed by atoms with van der Waals surface area (Å²) in [5.74, 6) is -0.239. The molecule has 1 heterocycles. The number of benzene rings is 1. The van der Waals surface area contributed by atoms with Gasteiger partial charge in [-0.05, 0) is 36.2 Å². The zero-order chi connectivity index (χ0) is 10.1. The van der Waals surface area contributed by atoms with Crippen molar-refractivity contribution in [2.75, 3.05) is 0 Å². The Kier molecular flexibility index (Phi) is 2.17. The molecule has 0 atom stereocenters. The van der Waals surface area contributed by atoms with Gasteiger partial charge in [-0.1, -0.05) is 0 Å². The number of aromatic nitrogens is 1. The highest BCUT2D eigenvalue weighted by Crippen LogP contribution is 2.20. The van der Waals surface area contributed by atoms with Gasteiger partial charge in [0.1, 0.15) is 5.82 Å². The van der Waals surface area contributed by atoms with Crippen molar-refractivity contribution in [3.63, 3.8) is 0 Å². The number of rotatable bonds is 1. The van der Waals surface area contributed by atoms with E-state index in [1.165, 1.54) is 12.1 Å². The van der Waals surface area contributed by atoms with E-state index in [0.29, 0.717) is 6.54 Å². The second kappa shape index (κ2) is 3.35. The lowest BCUT2D eigenvalue weighted by Crippen LogP contribution is -2.00. The van der Waals surface area contributed by atoms with Crippen molar-refractivity contribution in [2.24, 2.45) is 5.73 Å². The topological polar surface area (TPSA) is 38.9 Å². The van der Waals surface area contributed by atoms with Gasteiger partial charge in [0.05, 0.1) is 5.52 Å². The van der Waals surface area contributed by atoms with Gasteiger partial charge >= 0.3 is 0 Å². The highest BCUT2D eigenvalue weighted by atomic mass is 19.1. The molecule has 3 heteroatoms. The van der Waals surface area contributed by atoms with Gasteiger partial charge in [0, 0.05) is 18.1 Å². The van der Waals surface area contributed by atoms with Crippen LogP contribution in [0.25, 0.3) is 10.9 Å². The minimum atomic E-state index is -0.239. The number of aryl methyl sites for hydroxylation is 1. The predicted octanol–water partition coefficient (Wildman–Crippen LogP) is 2.14. The van der Waals surface area contributed by atoms with Gasteiger partial charge in [0.2, 0.25) is 0 Å². The molecule has 2 rings (SSSR count). The third kappa shape index (κ3) is 1.36. The van der Waals surface area contributed by atoms with Crippen LogP contribution < -0.4 is 5.73 Å². The van der Waals surface area contributed by atoms with Gasteiger partial charge < -0.3 is 5.73 Å². The van der Waals surface area contributed by atoms with Crippen LogP contribution in [0, 0.1) is 12.7 Å². The van der Waals surface area contributed by atoms with E-state index in [1.807, 2.05) is 6.92 Å². The van der Waals surface area contributed by atoms with Crippen LogP contribution in [0.5, 0.6) is 0 Å². The van der Waals surface area contributed by atoms with Crippen molar-refractivity contribution in [1.82, 2.24) is 4.98 Å². The highest BCUT2D eigenvalue weighted by molar-refractivity contribution is 5.82. The number of pyridine rings is 1. The van der Waals surface area contributed by atoms with Gasteiger partial charge in [0.25, 0.3) is 0 Å². The molecule has 0 amide bonds. The first kappa shape index (κ1) is 9.09. The van der Waals surface area contributed by atoms with Crippen LogP contribution in [0.3, 0.4) is 0 Å². The van der Waals surface area contributed by atoms with Crippen LogP contribution in [0.15, 0.2) is 24.4 Å². The number of nitrogens with zero attached hydrogens (tertiary/aromatic N) is 1. The van der Waals surface area contributed by atoms with Gasteiger partial charge in [-0.15, -0.1) is 0 Å². The summed E-state index contributed by atoms with van der Waals surface area (Å²) in [5.41, 5.74) is 8.32. The van der Waals surface area contributed by atoms with E-state index in [-0.39, 0.29) is 5.82 Å². The Morgan fingerprint density at radius 2 is 2.21 bits per heavy atom. The molecular formula is C11H11FN2. The first-order chi connectivity index (χ1) is 6.72. The van der Waals surface area contributed by atoms with Crippen LogP contribution in [0.2, 0.25) is 0 Å². The van der Waals surface area contributed by atoms with Crippen molar-refractivity contribution in [2.45, 2.75) is 13.5 Å². The van der Waals surface area contributed by atoms with Crippen LogP contribution in [0.1, 0.15) is 11.1 Å². The fourth-order valence-corrected chi connectivity index (χ4v) is 1.54. The van der Waals surface area contributed by atoms with Crippen molar-refractivity contribution in [1.29, 1.82) is 0 Å². The number of fused-ring (bicyclic) bond motifs is 1. The quantitative estimate of drug-likeness (QED) is 0.748. The summed E-state index contributed by atoms with van der Waals surface area (Å²) in [6.45, 7) is 2.37. The average molecular weight is 190 g/mol. The average Bonchev–Trinajstić information content (AvgIpc) is 2.20. The lowest BCUT2D eigenvalue weighted by Gasteiger charge is -2.06. The molecule has 1 aromatic heterocycles. The zero-order valence-electron chi connectivity index (χ0n) is 7.92. The van der Waals surface area contributed by atoms with Crippen LogP contribution in [-0.2, 0) is 6.54 Å². The molecule has 2 N–H and O–H groups in total. The van der Waals surface area contributed by atoms with E-state index >= 15 is 0 Å². The van der Waals surface area contributed by atoms with Crippen molar-refractivity contribution in [3.05, 3.63) is 41.3 Å². The Balaban J connectivity index is 2.79. The van der Waals surface area contributed by atoms with Gasteiger partial charge in [-0.2, -0.15) is 0 Å². The number of hydrogen-bond acceptors (Lipinski definition) is 2. The van der Waals surface area contributed by atoms with Gasteiger partial charge in [0.15, 0.2) is 0 Å². The largest absolute Gasteiger partial charge is 0.326 e. The molecule has 72 valence electrons. The lowest BCUT2D eigenvalue weighted by molar-refractivity contribution is 0.629. The Hall–Kier alpha value is -1.48. The lowest BCUT2D eigenvalue weighted by atomic mass is 10.1. The van der Waals surface area contributed by atoms with E-state index in [0.717, 1.165) is 22.0 Å². The SMILES string of the molecule is Cc1c(CN)cnc2ccc(F)cc12. The smallest absolute Gasteiger partial charge is 0.123 e. The predicted molar refractivity (Wildman–Crippen MR) is 54.3 cm³/mol. The number of hydrogen-bond donors (Lipinski definition) is 1. The summed E-state index contributed by atoms with van der Waals surface area (Å²) < 4.78 is 13.0. The summed E-state index contributed by atoms with van der Waals surface area (Å²) in [6, 6.07) is 4.59. The third-order valence-corrected chi connectivity index (χ3v) is 2.42. The monoisotopic (exact) mass is 190 g/mol. The standard InChI is InChI=1S/C11H11FN2/c1-7-8(5-13)6-14-11-3-2-9(12)4-10(7)11/h2-4,6H,5,13H2,1H3. The molecule has 0 bridgehead atoms. The molecule has 0 aliphatic carbocycles. The fourth-order valence-electron chi connectivity index (χ4n) is 1.54. The van der Waals surface area contributed by atoms with Crippen LogP contribution in [-0.4, -0.2) is 4.98 Å². The molecule has 1 aromatic carbocycles. The van der Waals surface area contributed by atoms with E-state index in [4.69, 9.17) is 5.73 Å². The van der Waals surface area contributed by atoms with Crippen LogP contribution >= 0.6 is 0 Å². The van der Waals surface area contributed by atoms with Crippen molar-refractivity contribution in [3.8, 4) is 0 Å². The van der Waals surface area contributed by atoms with Crippen molar-refractivity contribution < 1.29 is 4.39 Å². The minimum Gasteiger partial charge on any atom is -0.326 e. The van der Waals surface area contributed by atoms with E-state index in [1.54, 1.807) is 12.3 Å². The normalized spacial score (nSPS) is 10.8. The molecular weight excluding hydrogens is 179 g/mol. The molecule has 14 heavy (non-hydrogen) atoms. The maximum atomic E-state index is 13.0. The maximum absolute atomic E-state index is 13.0. The molecule has 0 radical (unpaired) electrons. The highest BCUT2D eigenvalue weighted by Gasteiger charge is 2.04. The Morgan fingerprint density at radius 1 is 1.43 bits per heavy atom. The second-order valence-electron chi connectivity index (χ2n) is 3.27. The zero-order valence-corrected chi connectivity index (χ0v) is 7.92. The molecule has 0 aliphatic rings. The molecule has 0 unspecified atom stereocenters. The molecule has 0 saturated carbocycles. The van der Waals surface area contributed by atoms with Crippen LogP contribution in [0.4, 0.5) is 4.39 Å². The maximum Gasteiger partial charge on any atom is 0.123 e. The first-order valence-corrected chi connectivity index (χ1v) is 4.46. The molecule has 0 fully saturated rings. The fraction of sp³-hybridized carbons (Fsp3) is 0.182. The second-order valence-corrected chi connectivity index (χ2v) is 3.27. The molecule has 2 nitrogen and oxygen atoms in total. The van der Waals surface area contributed by atoms with Gasteiger partial charge in [-0.25, -0.2) is 4.39 Å². The third-order valence-electron chi connectivity index (χ3n) is 2.42. The Labute approximate surface area is 81.6 Å². The molecule has 0 saturated heterocycles. The van der Waals surface area contributed by atoms with E-state index in [9.17, 15) is 4.39 Å². The molecule has 2 aromatic rings.